The second-order valence-electron chi connectivity index (χ2n) is 4.41. The van der Waals surface area contributed by atoms with Gasteiger partial charge in [0.15, 0.2) is 5.65 Å². The summed E-state index contributed by atoms with van der Waals surface area (Å²) < 4.78 is 2.72. The molecule has 5 nitrogen and oxygen atoms in total. The quantitative estimate of drug-likeness (QED) is 0.797. The maximum atomic E-state index is 4.60. The first-order valence-electron chi connectivity index (χ1n) is 6.40. The number of imidazole rings is 1. The Morgan fingerprint density at radius 1 is 1.20 bits per heavy atom. The Balaban J connectivity index is 2.05. The van der Waals surface area contributed by atoms with Crippen LogP contribution < -0.4 is 5.32 Å². The predicted molar refractivity (Wildman–Crippen MR) is 81.5 cm³/mol. The van der Waals surface area contributed by atoms with Gasteiger partial charge in [-0.05, 0) is 47.2 Å². The highest BCUT2D eigenvalue weighted by Gasteiger charge is 2.11. The van der Waals surface area contributed by atoms with Crippen LogP contribution in [-0.4, -0.2) is 33.2 Å². The van der Waals surface area contributed by atoms with E-state index in [1.54, 1.807) is 6.20 Å². The van der Waals surface area contributed by atoms with Crippen molar-refractivity contribution in [3.63, 3.8) is 0 Å². The van der Waals surface area contributed by atoms with Crippen LogP contribution in [0.3, 0.4) is 0 Å². The lowest BCUT2D eigenvalue weighted by molar-refractivity contribution is 0.775. The van der Waals surface area contributed by atoms with Crippen molar-refractivity contribution in [3.05, 3.63) is 46.8 Å². The topological polar surface area (TPSA) is 55.1 Å². The first-order valence-corrected chi connectivity index (χ1v) is 7.19. The maximum absolute atomic E-state index is 4.60. The molecule has 3 aromatic rings. The van der Waals surface area contributed by atoms with Crippen LogP contribution in [0.25, 0.3) is 17.0 Å². The van der Waals surface area contributed by atoms with E-state index >= 15 is 0 Å². The fourth-order valence-electron chi connectivity index (χ4n) is 2.01. The highest BCUT2D eigenvalue weighted by molar-refractivity contribution is 9.10. The second kappa shape index (κ2) is 5.68. The first-order chi connectivity index (χ1) is 9.79. The van der Waals surface area contributed by atoms with Gasteiger partial charge >= 0.3 is 0 Å². The molecule has 0 aliphatic rings. The van der Waals surface area contributed by atoms with Crippen LogP contribution in [0.2, 0.25) is 0 Å². The van der Waals surface area contributed by atoms with Gasteiger partial charge in [0.05, 0.1) is 11.4 Å². The third kappa shape index (κ3) is 2.44. The van der Waals surface area contributed by atoms with Gasteiger partial charge in [0.25, 0.3) is 0 Å². The number of fused-ring (bicyclic) bond motifs is 1. The van der Waals surface area contributed by atoms with Gasteiger partial charge in [0, 0.05) is 19.2 Å². The molecule has 102 valence electrons. The number of pyridine rings is 1. The van der Waals surface area contributed by atoms with Crippen LogP contribution in [0.5, 0.6) is 0 Å². The summed E-state index contributed by atoms with van der Waals surface area (Å²) in [6, 6.07) is 9.70. The van der Waals surface area contributed by atoms with Gasteiger partial charge in [-0.3, -0.25) is 4.98 Å². The molecular formula is C14H14BrN5. The number of likely N-dealkylation sites (N-methyl/N-ethyl adjacent to an activating group) is 1. The SMILES string of the molecule is CNCCc1nc2ccc(-c3ccccn3)nn2c1Br. The van der Waals surface area contributed by atoms with Gasteiger partial charge in [-0.15, -0.1) is 0 Å². The summed E-state index contributed by atoms with van der Waals surface area (Å²) in [5.74, 6) is 0. The van der Waals surface area contributed by atoms with Gasteiger partial charge in [-0.2, -0.15) is 5.10 Å². The van der Waals surface area contributed by atoms with Gasteiger partial charge < -0.3 is 5.32 Å². The van der Waals surface area contributed by atoms with E-state index in [2.05, 4.69) is 36.3 Å². The van der Waals surface area contributed by atoms with E-state index < -0.39 is 0 Å². The smallest absolute Gasteiger partial charge is 0.155 e. The third-order valence-corrected chi connectivity index (χ3v) is 3.82. The second-order valence-corrected chi connectivity index (χ2v) is 5.16. The molecule has 0 spiro atoms. The average Bonchev–Trinajstić information content (AvgIpc) is 2.82. The van der Waals surface area contributed by atoms with Crippen molar-refractivity contribution in [2.24, 2.45) is 0 Å². The summed E-state index contributed by atoms with van der Waals surface area (Å²) in [7, 11) is 1.93. The summed E-state index contributed by atoms with van der Waals surface area (Å²) in [4.78, 5) is 8.90. The lowest BCUT2D eigenvalue weighted by Crippen LogP contribution is -2.10. The van der Waals surface area contributed by atoms with Crippen molar-refractivity contribution < 1.29 is 0 Å². The molecule has 0 aliphatic heterocycles. The molecule has 0 radical (unpaired) electrons. The maximum Gasteiger partial charge on any atom is 0.155 e. The van der Waals surface area contributed by atoms with E-state index in [0.717, 1.165) is 40.3 Å². The fraction of sp³-hybridized carbons (Fsp3) is 0.214. The lowest BCUT2D eigenvalue weighted by atomic mass is 10.2. The van der Waals surface area contributed by atoms with Crippen molar-refractivity contribution in [2.45, 2.75) is 6.42 Å². The van der Waals surface area contributed by atoms with E-state index in [1.165, 1.54) is 0 Å². The van der Waals surface area contributed by atoms with E-state index in [-0.39, 0.29) is 0 Å². The van der Waals surface area contributed by atoms with Gasteiger partial charge in [-0.25, -0.2) is 9.50 Å². The zero-order valence-corrected chi connectivity index (χ0v) is 12.6. The number of nitrogens with one attached hydrogen (secondary N) is 1. The molecule has 3 heterocycles. The largest absolute Gasteiger partial charge is 0.319 e. The van der Waals surface area contributed by atoms with Crippen LogP contribution in [-0.2, 0) is 6.42 Å². The van der Waals surface area contributed by atoms with Gasteiger partial charge in [-0.1, -0.05) is 6.07 Å². The fourth-order valence-corrected chi connectivity index (χ4v) is 2.55. The van der Waals surface area contributed by atoms with Gasteiger partial charge in [0.1, 0.15) is 10.3 Å². The highest BCUT2D eigenvalue weighted by atomic mass is 79.9. The molecule has 0 aromatic carbocycles. The molecule has 1 N–H and O–H groups in total. The van der Waals surface area contributed by atoms with Crippen LogP contribution in [0.4, 0.5) is 0 Å². The van der Waals surface area contributed by atoms with Crippen LogP contribution in [0.15, 0.2) is 41.1 Å². The van der Waals surface area contributed by atoms with E-state index in [1.807, 2.05) is 41.9 Å². The number of nitrogens with zero attached hydrogens (tertiary/aromatic N) is 4. The first kappa shape index (κ1) is 13.2. The Labute approximate surface area is 125 Å². The number of hydrogen-bond acceptors (Lipinski definition) is 4. The zero-order chi connectivity index (χ0) is 13.9. The standard InChI is InChI=1S/C14H14BrN5/c1-16-9-7-12-14(15)20-13(18-12)6-5-11(19-20)10-4-2-3-8-17-10/h2-6,8,16H,7,9H2,1H3. The van der Waals surface area contributed by atoms with Crippen molar-refractivity contribution in [3.8, 4) is 11.4 Å². The monoisotopic (exact) mass is 331 g/mol. The summed E-state index contributed by atoms with van der Waals surface area (Å²) in [5, 5.41) is 7.72. The van der Waals surface area contributed by atoms with Gasteiger partial charge in [0.2, 0.25) is 0 Å². The predicted octanol–water partition coefficient (Wildman–Crippen LogP) is 2.32. The van der Waals surface area contributed by atoms with Crippen molar-refractivity contribution in [1.82, 2.24) is 24.9 Å². The molecule has 0 fully saturated rings. The Morgan fingerprint density at radius 3 is 2.85 bits per heavy atom. The van der Waals surface area contributed by atoms with Crippen LogP contribution >= 0.6 is 15.9 Å². The minimum absolute atomic E-state index is 0.830. The number of rotatable bonds is 4. The van der Waals surface area contributed by atoms with Crippen molar-refractivity contribution in [1.29, 1.82) is 0 Å². The molecule has 0 saturated carbocycles. The van der Waals surface area contributed by atoms with E-state index in [0.29, 0.717) is 0 Å². The molecule has 0 amide bonds. The molecule has 6 heteroatoms. The highest BCUT2D eigenvalue weighted by Crippen LogP contribution is 2.21. The summed E-state index contributed by atoms with van der Waals surface area (Å²) in [5.41, 5.74) is 3.52. The van der Waals surface area contributed by atoms with E-state index in [4.69, 9.17) is 0 Å². The number of halogens is 1. The molecule has 0 unspecified atom stereocenters. The minimum atomic E-state index is 0.830. The Hall–Kier alpha value is -1.79. The van der Waals surface area contributed by atoms with Crippen LogP contribution in [0, 0.1) is 0 Å². The molecule has 3 aromatic heterocycles. The average molecular weight is 332 g/mol. The number of hydrogen-bond donors (Lipinski definition) is 1. The summed E-state index contributed by atoms with van der Waals surface area (Å²) in [6.45, 7) is 0.885. The molecule has 20 heavy (non-hydrogen) atoms. The number of aromatic nitrogens is 4. The Kier molecular flexibility index (Phi) is 3.75. The minimum Gasteiger partial charge on any atom is -0.319 e. The molecular weight excluding hydrogens is 318 g/mol. The van der Waals surface area contributed by atoms with E-state index in [9.17, 15) is 0 Å². The molecule has 0 atom stereocenters. The molecule has 3 rings (SSSR count). The Bertz CT molecular complexity index is 723. The normalized spacial score (nSPS) is 11.1. The summed E-state index contributed by atoms with van der Waals surface area (Å²) in [6.07, 6.45) is 2.63. The van der Waals surface area contributed by atoms with Crippen molar-refractivity contribution in [2.75, 3.05) is 13.6 Å². The summed E-state index contributed by atoms with van der Waals surface area (Å²) >= 11 is 3.58. The lowest BCUT2D eigenvalue weighted by Gasteiger charge is -2.01. The Morgan fingerprint density at radius 2 is 2.10 bits per heavy atom. The zero-order valence-electron chi connectivity index (χ0n) is 11.0. The van der Waals surface area contributed by atoms with Crippen LogP contribution in [0.1, 0.15) is 5.69 Å². The molecule has 0 saturated heterocycles. The van der Waals surface area contributed by atoms with Crippen molar-refractivity contribution >= 4 is 21.6 Å². The molecule has 0 aliphatic carbocycles. The molecule has 0 bridgehead atoms. The third-order valence-electron chi connectivity index (χ3n) is 3.03.